The number of benzene rings is 2. The van der Waals surface area contributed by atoms with E-state index >= 15 is 0 Å². The minimum absolute atomic E-state index is 0.643. The van der Waals surface area contributed by atoms with E-state index in [4.69, 9.17) is 4.98 Å². The molecule has 0 saturated heterocycles. The number of hydrogen-bond donors (Lipinski definition) is 1. The Labute approximate surface area is 152 Å². The second kappa shape index (κ2) is 6.81. The number of H-pyrrole nitrogens is 1. The predicted octanol–water partition coefficient (Wildman–Crippen LogP) is 5.12. The van der Waals surface area contributed by atoms with Gasteiger partial charge < -0.3 is 0 Å². The number of fused-ring (bicyclic) bond motifs is 1. The SMILES string of the molecule is CCCc1c(C#N)c(-c2ccccc2)nc2n[nH]c(-c3ccccc3)c12. The molecule has 0 aliphatic heterocycles. The van der Waals surface area contributed by atoms with Gasteiger partial charge in [-0.05, 0) is 12.0 Å². The Kier molecular flexibility index (Phi) is 4.20. The maximum atomic E-state index is 9.93. The van der Waals surface area contributed by atoms with Crippen LogP contribution in [0.5, 0.6) is 0 Å². The number of rotatable bonds is 4. The van der Waals surface area contributed by atoms with E-state index in [-0.39, 0.29) is 0 Å². The van der Waals surface area contributed by atoms with Gasteiger partial charge in [-0.2, -0.15) is 10.4 Å². The van der Waals surface area contributed by atoms with Gasteiger partial charge >= 0.3 is 0 Å². The van der Waals surface area contributed by atoms with Crippen LogP contribution in [0.4, 0.5) is 0 Å². The fraction of sp³-hybridized carbons (Fsp3) is 0.136. The summed E-state index contributed by atoms with van der Waals surface area (Å²) in [6.07, 6.45) is 1.75. The van der Waals surface area contributed by atoms with Crippen molar-refractivity contribution in [2.75, 3.05) is 0 Å². The summed E-state index contributed by atoms with van der Waals surface area (Å²) in [5, 5.41) is 18.5. The van der Waals surface area contributed by atoms with E-state index in [2.05, 4.69) is 23.2 Å². The van der Waals surface area contributed by atoms with Crippen LogP contribution in [0.25, 0.3) is 33.5 Å². The van der Waals surface area contributed by atoms with Crippen LogP contribution < -0.4 is 0 Å². The Balaban J connectivity index is 2.06. The number of aryl methyl sites for hydroxylation is 1. The Morgan fingerprint density at radius 3 is 2.23 bits per heavy atom. The zero-order chi connectivity index (χ0) is 17.9. The lowest BCUT2D eigenvalue weighted by molar-refractivity contribution is 0.925. The maximum absolute atomic E-state index is 9.93. The molecule has 4 aromatic rings. The molecule has 26 heavy (non-hydrogen) atoms. The van der Waals surface area contributed by atoms with Crippen molar-refractivity contribution >= 4 is 11.0 Å². The topological polar surface area (TPSA) is 65.4 Å². The summed E-state index contributed by atoms with van der Waals surface area (Å²) in [4.78, 5) is 4.74. The first kappa shape index (κ1) is 16.0. The summed E-state index contributed by atoms with van der Waals surface area (Å²) in [5.74, 6) is 0. The molecule has 0 spiro atoms. The fourth-order valence-corrected chi connectivity index (χ4v) is 3.37. The van der Waals surface area contributed by atoms with E-state index in [1.807, 2.05) is 60.7 Å². The molecule has 0 fully saturated rings. The summed E-state index contributed by atoms with van der Waals surface area (Å²) in [6, 6.07) is 22.3. The average molecular weight is 338 g/mol. The second-order valence-corrected chi connectivity index (χ2v) is 6.21. The van der Waals surface area contributed by atoms with Crippen molar-refractivity contribution in [2.24, 2.45) is 0 Å². The molecule has 4 rings (SSSR count). The van der Waals surface area contributed by atoms with Crippen molar-refractivity contribution in [1.29, 1.82) is 5.26 Å². The van der Waals surface area contributed by atoms with Crippen LogP contribution in [-0.4, -0.2) is 15.2 Å². The van der Waals surface area contributed by atoms with Gasteiger partial charge in [0, 0.05) is 11.1 Å². The van der Waals surface area contributed by atoms with Crippen molar-refractivity contribution in [3.8, 4) is 28.6 Å². The first-order valence-corrected chi connectivity index (χ1v) is 8.75. The van der Waals surface area contributed by atoms with Gasteiger partial charge in [-0.15, -0.1) is 0 Å². The first-order chi connectivity index (χ1) is 12.8. The van der Waals surface area contributed by atoms with Gasteiger partial charge in [-0.1, -0.05) is 74.0 Å². The van der Waals surface area contributed by atoms with Gasteiger partial charge in [0.15, 0.2) is 5.65 Å². The van der Waals surface area contributed by atoms with Crippen molar-refractivity contribution in [1.82, 2.24) is 15.2 Å². The third-order valence-electron chi connectivity index (χ3n) is 4.53. The monoisotopic (exact) mass is 338 g/mol. The molecule has 2 heterocycles. The van der Waals surface area contributed by atoms with Crippen LogP contribution in [0.15, 0.2) is 60.7 Å². The van der Waals surface area contributed by atoms with Gasteiger partial charge in [0.2, 0.25) is 0 Å². The molecule has 126 valence electrons. The number of pyridine rings is 1. The van der Waals surface area contributed by atoms with E-state index in [0.29, 0.717) is 16.9 Å². The zero-order valence-corrected chi connectivity index (χ0v) is 14.5. The van der Waals surface area contributed by atoms with Gasteiger partial charge in [-0.3, -0.25) is 5.10 Å². The van der Waals surface area contributed by atoms with Gasteiger partial charge in [0.25, 0.3) is 0 Å². The number of aromatic nitrogens is 3. The highest BCUT2D eigenvalue weighted by atomic mass is 15.1. The van der Waals surface area contributed by atoms with Crippen LogP contribution in [0, 0.1) is 11.3 Å². The smallest absolute Gasteiger partial charge is 0.182 e. The Bertz CT molecular complexity index is 1090. The highest BCUT2D eigenvalue weighted by molar-refractivity contribution is 5.97. The van der Waals surface area contributed by atoms with Crippen LogP contribution in [0.2, 0.25) is 0 Å². The molecule has 0 aliphatic carbocycles. The van der Waals surface area contributed by atoms with Crippen molar-refractivity contribution < 1.29 is 0 Å². The summed E-state index contributed by atoms with van der Waals surface area (Å²) < 4.78 is 0. The lowest BCUT2D eigenvalue weighted by atomic mass is 9.94. The Hall–Kier alpha value is -3.45. The van der Waals surface area contributed by atoms with Gasteiger partial charge in [0.1, 0.15) is 6.07 Å². The fourth-order valence-electron chi connectivity index (χ4n) is 3.37. The van der Waals surface area contributed by atoms with E-state index < -0.39 is 0 Å². The van der Waals surface area contributed by atoms with Crippen LogP contribution in [0.1, 0.15) is 24.5 Å². The number of nitrogens with zero attached hydrogens (tertiary/aromatic N) is 3. The molecule has 0 atom stereocenters. The summed E-state index contributed by atoms with van der Waals surface area (Å²) in [6.45, 7) is 2.12. The minimum atomic E-state index is 0.643. The first-order valence-electron chi connectivity index (χ1n) is 8.75. The number of nitrogens with one attached hydrogen (secondary N) is 1. The summed E-state index contributed by atoms with van der Waals surface area (Å²) in [5.41, 5.74) is 5.93. The summed E-state index contributed by atoms with van der Waals surface area (Å²) in [7, 11) is 0. The normalized spacial score (nSPS) is 10.8. The molecule has 0 saturated carbocycles. The average Bonchev–Trinajstić information content (AvgIpc) is 3.13. The van der Waals surface area contributed by atoms with Crippen molar-refractivity contribution in [3.05, 3.63) is 71.8 Å². The lowest BCUT2D eigenvalue weighted by Gasteiger charge is -2.11. The zero-order valence-electron chi connectivity index (χ0n) is 14.5. The standard InChI is InChI=1S/C22H18N4/c1-2-9-17-18(14-23)20(15-10-5-3-6-11-15)24-22-19(17)21(25-26-22)16-12-7-4-8-13-16/h3-8,10-13H,2,9H2,1H3,(H,24,25,26). The quantitative estimate of drug-likeness (QED) is 0.562. The minimum Gasteiger partial charge on any atom is -0.275 e. The molecule has 0 unspecified atom stereocenters. The highest BCUT2D eigenvalue weighted by Crippen LogP contribution is 2.35. The van der Waals surface area contributed by atoms with E-state index in [0.717, 1.165) is 40.6 Å². The van der Waals surface area contributed by atoms with Crippen molar-refractivity contribution in [3.63, 3.8) is 0 Å². The highest BCUT2D eigenvalue weighted by Gasteiger charge is 2.20. The Morgan fingerprint density at radius 2 is 1.62 bits per heavy atom. The van der Waals surface area contributed by atoms with Gasteiger partial charge in [0.05, 0.1) is 22.3 Å². The van der Waals surface area contributed by atoms with E-state index in [1.54, 1.807) is 0 Å². The largest absolute Gasteiger partial charge is 0.275 e. The predicted molar refractivity (Wildman–Crippen MR) is 103 cm³/mol. The maximum Gasteiger partial charge on any atom is 0.182 e. The molecule has 0 aliphatic rings. The molecule has 2 aromatic heterocycles. The van der Waals surface area contributed by atoms with E-state index in [9.17, 15) is 5.26 Å². The molecule has 0 bridgehead atoms. The van der Waals surface area contributed by atoms with Gasteiger partial charge in [-0.25, -0.2) is 4.98 Å². The third-order valence-corrected chi connectivity index (χ3v) is 4.53. The number of nitriles is 1. The molecular formula is C22H18N4. The molecule has 4 nitrogen and oxygen atoms in total. The number of hydrogen-bond acceptors (Lipinski definition) is 3. The van der Waals surface area contributed by atoms with Crippen molar-refractivity contribution in [2.45, 2.75) is 19.8 Å². The molecule has 4 heteroatoms. The lowest BCUT2D eigenvalue weighted by Crippen LogP contribution is -1.99. The molecule has 0 amide bonds. The van der Waals surface area contributed by atoms with Crippen LogP contribution in [0.3, 0.4) is 0 Å². The number of aromatic amines is 1. The molecule has 2 aromatic carbocycles. The van der Waals surface area contributed by atoms with E-state index in [1.165, 1.54) is 0 Å². The molecule has 0 radical (unpaired) electrons. The Morgan fingerprint density at radius 1 is 0.962 bits per heavy atom. The molecular weight excluding hydrogens is 320 g/mol. The van der Waals surface area contributed by atoms with Crippen LogP contribution in [-0.2, 0) is 6.42 Å². The molecule has 1 N–H and O–H groups in total. The second-order valence-electron chi connectivity index (χ2n) is 6.21. The summed E-state index contributed by atoms with van der Waals surface area (Å²) >= 11 is 0. The van der Waals surface area contributed by atoms with Crippen LogP contribution >= 0.6 is 0 Å². The third kappa shape index (κ3) is 2.64.